The maximum atomic E-state index is 11.7. The normalized spacial score (nSPS) is 15.9. The lowest BCUT2D eigenvalue weighted by atomic mass is 9.96. The third kappa shape index (κ3) is 3.43. The van der Waals surface area contributed by atoms with Gasteiger partial charge in [-0.25, -0.2) is 0 Å². The SMILES string of the molecule is O=C(O)CC1CN(C(=O)C=Cc2ccc(Br)s2)C1. The molecule has 1 fully saturated rings. The van der Waals surface area contributed by atoms with Gasteiger partial charge in [-0.3, -0.25) is 9.59 Å². The van der Waals surface area contributed by atoms with Gasteiger partial charge in [0.05, 0.1) is 10.2 Å². The van der Waals surface area contributed by atoms with Gasteiger partial charge in [-0.05, 0) is 34.1 Å². The van der Waals surface area contributed by atoms with Crippen molar-refractivity contribution in [2.45, 2.75) is 6.42 Å². The number of hydrogen-bond acceptors (Lipinski definition) is 3. The lowest BCUT2D eigenvalue weighted by Crippen LogP contribution is -2.49. The van der Waals surface area contributed by atoms with E-state index in [-0.39, 0.29) is 18.2 Å². The van der Waals surface area contributed by atoms with Crippen LogP contribution in [0.15, 0.2) is 22.0 Å². The van der Waals surface area contributed by atoms with Crippen LogP contribution in [-0.4, -0.2) is 35.0 Å². The van der Waals surface area contributed by atoms with Gasteiger partial charge in [-0.2, -0.15) is 0 Å². The molecule has 1 aliphatic heterocycles. The molecule has 0 spiro atoms. The highest BCUT2D eigenvalue weighted by Gasteiger charge is 2.30. The van der Waals surface area contributed by atoms with Gasteiger partial charge in [0.15, 0.2) is 0 Å². The maximum Gasteiger partial charge on any atom is 0.303 e. The highest BCUT2D eigenvalue weighted by molar-refractivity contribution is 9.11. The molecule has 1 saturated heterocycles. The molecule has 1 aliphatic rings. The summed E-state index contributed by atoms with van der Waals surface area (Å²) in [5, 5.41) is 8.61. The van der Waals surface area contributed by atoms with Gasteiger partial charge >= 0.3 is 5.97 Å². The zero-order valence-electron chi connectivity index (χ0n) is 9.51. The molecule has 0 radical (unpaired) electrons. The molecule has 0 unspecified atom stereocenters. The number of carboxylic acids is 1. The first-order valence-electron chi connectivity index (χ1n) is 5.48. The van der Waals surface area contributed by atoms with E-state index in [2.05, 4.69) is 15.9 Å². The predicted octanol–water partition coefficient (Wildman–Crippen LogP) is 2.46. The Morgan fingerprint density at radius 2 is 2.22 bits per heavy atom. The molecular weight excluding hydrogens is 318 g/mol. The van der Waals surface area contributed by atoms with Crippen molar-refractivity contribution in [1.29, 1.82) is 0 Å². The van der Waals surface area contributed by atoms with E-state index >= 15 is 0 Å². The third-order valence-electron chi connectivity index (χ3n) is 2.72. The molecule has 96 valence electrons. The largest absolute Gasteiger partial charge is 0.481 e. The van der Waals surface area contributed by atoms with Crippen LogP contribution in [0.5, 0.6) is 0 Å². The fraction of sp³-hybridized carbons (Fsp3) is 0.333. The summed E-state index contributed by atoms with van der Waals surface area (Å²) in [6.45, 7) is 1.09. The van der Waals surface area contributed by atoms with Crippen LogP contribution in [0.25, 0.3) is 6.08 Å². The minimum Gasteiger partial charge on any atom is -0.481 e. The van der Waals surface area contributed by atoms with E-state index in [9.17, 15) is 9.59 Å². The Hall–Kier alpha value is -1.14. The van der Waals surface area contributed by atoms with Crippen molar-refractivity contribution in [2.24, 2.45) is 5.92 Å². The molecular formula is C12H12BrNO3S. The Morgan fingerprint density at radius 1 is 1.50 bits per heavy atom. The van der Waals surface area contributed by atoms with E-state index in [1.165, 1.54) is 6.08 Å². The van der Waals surface area contributed by atoms with Crippen molar-refractivity contribution < 1.29 is 14.7 Å². The van der Waals surface area contributed by atoms with Crippen molar-refractivity contribution in [3.05, 3.63) is 26.9 Å². The van der Waals surface area contributed by atoms with Crippen LogP contribution in [0.3, 0.4) is 0 Å². The number of nitrogens with zero attached hydrogens (tertiary/aromatic N) is 1. The Bertz CT molecular complexity index is 491. The molecule has 0 aromatic carbocycles. The second kappa shape index (κ2) is 5.67. The molecule has 0 saturated carbocycles. The van der Waals surface area contributed by atoms with Crippen molar-refractivity contribution >= 4 is 45.2 Å². The highest BCUT2D eigenvalue weighted by Crippen LogP contribution is 2.24. The number of amides is 1. The number of thiophene rings is 1. The lowest BCUT2D eigenvalue weighted by Gasteiger charge is -2.37. The van der Waals surface area contributed by atoms with Crippen LogP contribution in [0.2, 0.25) is 0 Å². The van der Waals surface area contributed by atoms with Gasteiger partial charge < -0.3 is 10.0 Å². The molecule has 18 heavy (non-hydrogen) atoms. The van der Waals surface area contributed by atoms with Crippen LogP contribution < -0.4 is 0 Å². The van der Waals surface area contributed by atoms with Crippen LogP contribution in [-0.2, 0) is 9.59 Å². The topological polar surface area (TPSA) is 57.6 Å². The molecule has 1 aromatic rings. The third-order valence-corrected chi connectivity index (χ3v) is 4.31. The standard InChI is InChI=1S/C12H12BrNO3S/c13-10-3-1-9(18-10)2-4-11(15)14-6-8(7-14)5-12(16)17/h1-4,8H,5-7H2,(H,16,17). The zero-order valence-corrected chi connectivity index (χ0v) is 11.9. The Kier molecular flexibility index (Phi) is 4.19. The first-order valence-corrected chi connectivity index (χ1v) is 7.09. The second-order valence-corrected chi connectivity index (χ2v) is 6.68. The Labute approximate surface area is 117 Å². The van der Waals surface area contributed by atoms with Crippen molar-refractivity contribution in [3.8, 4) is 0 Å². The second-order valence-electron chi connectivity index (χ2n) is 4.18. The molecule has 1 aromatic heterocycles. The number of halogens is 1. The molecule has 2 rings (SSSR count). The monoisotopic (exact) mass is 329 g/mol. The van der Waals surface area contributed by atoms with Crippen LogP contribution in [0.4, 0.5) is 0 Å². The summed E-state index contributed by atoms with van der Waals surface area (Å²) in [5.74, 6) is -0.747. The van der Waals surface area contributed by atoms with Gasteiger partial charge in [0.2, 0.25) is 5.91 Å². The average Bonchev–Trinajstić information content (AvgIpc) is 2.65. The smallest absolute Gasteiger partial charge is 0.303 e. The van der Waals surface area contributed by atoms with Crippen molar-refractivity contribution in [3.63, 3.8) is 0 Å². The zero-order chi connectivity index (χ0) is 13.1. The molecule has 0 bridgehead atoms. The van der Waals surface area contributed by atoms with E-state index in [0.717, 1.165) is 8.66 Å². The molecule has 6 heteroatoms. The lowest BCUT2D eigenvalue weighted by molar-refractivity contribution is -0.143. The fourth-order valence-electron chi connectivity index (χ4n) is 1.80. The van der Waals surface area contributed by atoms with E-state index in [0.29, 0.717) is 13.1 Å². The first-order chi connectivity index (χ1) is 8.54. The van der Waals surface area contributed by atoms with E-state index in [1.807, 2.05) is 12.1 Å². The number of carboxylic acid groups (broad SMARTS) is 1. The fourth-order valence-corrected chi connectivity index (χ4v) is 3.13. The molecule has 0 aliphatic carbocycles. The quantitative estimate of drug-likeness (QED) is 0.863. The first kappa shape index (κ1) is 13.3. The number of carbonyl (C=O) groups is 2. The molecule has 2 heterocycles. The molecule has 0 atom stereocenters. The number of hydrogen-bond donors (Lipinski definition) is 1. The summed E-state index contributed by atoms with van der Waals surface area (Å²) in [5.41, 5.74) is 0. The average molecular weight is 330 g/mol. The number of likely N-dealkylation sites (tertiary alicyclic amines) is 1. The van der Waals surface area contributed by atoms with Gasteiger partial charge in [0, 0.05) is 30.0 Å². The predicted molar refractivity (Wildman–Crippen MR) is 73.4 cm³/mol. The summed E-state index contributed by atoms with van der Waals surface area (Å²) in [7, 11) is 0. The summed E-state index contributed by atoms with van der Waals surface area (Å²) in [6.07, 6.45) is 3.46. The van der Waals surface area contributed by atoms with Crippen LogP contribution >= 0.6 is 27.3 Å². The Balaban J connectivity index is 1.80. The number of aliphatic carboxylic acids is 1. The summed E-state index contributed by atoms with van der Waals surface area (Å²) >= 11 is 4.91. The van der Waals surface area contributed by atoms with Gasteiger partial charge in [0.25, 0.3) is 0 Å². The summed E-state index contributed by atoms with van der Waals surface area (Å²) in [6, 6.07) is 3.86. The molecule has 1 N–H and O–H groups in total. The minimum atomic E-state index is -0.800. The van der Waals surface area contributed by atoms with Crippen molar-refractivity contribution in [1.82, 2.24) is 4.90 Å². The van der Waals surface area contributed by atoms with Crippen molar-refractivity contribution in [2.75, 3.05) is 13.1 Å². The van der Waals surface area contributed by atoms with E-state index in [1.54, 1.807) is 22.3 Å². The van der Waals surface area contributed by atoms with Gasteiger partial charge in [0.1, 0.15) is 0 Å². The minimum absolute atomic E-state index is 0.0545. The highest BCUT2D eigenvalue weighted by atomic mass is 79.9. The maximum absolute atomic E-state index is 11.7. The Morgan fingerprint density at radius 3 is 2.78 bits per heavy atom. The van der Waals surface area contributed by atoms with E-state index < -0.39 is 5.97 Å². The van der Waals surface area contributed by atoms with Gasteiger partial charge in [-0.1, -0.05) is 0 Å². The van der Waals surface area contributed by atoms with Crippen LogP contribution in [0, 0.1) is 5.92 Å². The summed E-state index contributed by atoms with van der Waals surface area (Å²) in [4.78, 5) is 24.9. The van der Waals surface area contributed by atoms with Crippen LogP contribution in [0.1, 0.15) is 11.3 Å². The van der Waals surface area contributed by atoms with Gasteiger partial charge in [-0.15, -0.1) is 11.3 Å². The molecule has 1 amide bonds. The number of rotatable bonds is 4. The molecule has 4 nitrogen and oxygen atoms in total. The summed E-state index contributed by atoms with van der Waals surface area (Å²) < 4.78 is 1.03. The number of carbonyl (C=O) groups excluding carboxylic acids is 1. The van der Waals surface area contributed by atoms with E-state index in [4.69, 9.17) is 5.11 Å².